The summed E-state index contributed by atoms with van der Waals surface area (Å²) in [7, 11) is 0. The molecule has 1 rings (SSSR count). The molecule has 0 saturated carbocycles. The van der Waals surface area contributed by atoms with Crippen LogP contribution in [0.1, 0.15) is 25.7 Å². The number of carbonyl (C=O) groups is 1. The third-order valence-electron chi connectivity index (χ3n) is 2.48. The van der Waals surface area contributed by atoms with E-state index in [9.17, 15) is 4.79 Å². The minimum Gasteiger partial charge on any atom is -0.295 e. The Morgan fingerprint density at radius 1 is 1.07 bits per heavy atom. The molecule has 0 bridgehead atoms. The summed E-state index contributed by atoms with van der Waals surface area (Å²) in [6.45, 7) is 11.4. The number of hydrogen-bond acceptors (Lipinski definition) is 1. The number of Topliss-reactive ketones (excluding diaryl/α,β-unsaturated/α-hetero) is 1. The lowest BCUT2D eigenvalue weighted by Crippen LogP contribution is -2.12. The van der Waals surface area contributed by atoms with Crippen LogP contribution in [0.3, 0.4) is 0 Å². The molecule has 0 heterocycles. The number of carbonyl (C=O) groups excluding carboxylic acids is 1. The fraction of sp³-hybridized carbons (Fsp3) is 0.308. The smallest absolute Gasteiger partial charge is 0.159 e. The summed E-state index contributed by atoms with van der Waals surface area (Å²) in [6.07, 6.45) is 6.39. The molecule has 0 unspecified atom stereocenters. The van der Waals surface area contributed by atoms with Crippen LogP contribution in [0.5, 0.6) is 0 Å². The molecular weight excluding hydrogens is 172 g/mol. The van der Waals surface area contributed by atoms with Crippen LogP contribution in [0.15, 0.2) is 48.6 Å². The molecule has 0 fully saturated rings. The molecule has 74 valence electrons. The van der Waals surface area contributed by atoms with Gasteiger partial charge in [0.05, 0.1) is 0 Å². The van der Waals surface area contributed by atoms with E-state index in [0.717, 1.165) is 29.6 Å². The number of ketones is 1. The Bertz CT molecular complexity index is 286. The summed E-state index contributed by atoms with van der Waals surface area (Å²) in [4.78, 5) is 11.6. The fourth-order valence-corrected chi connectivity index (χ4v) is 1.74. The first-order valence-corrected chi connectivity index (χ1v) is 4.85. The molecule has 1 aliphatic carbocycles. The van der Waals surface area contributed by atoms with E-state index in [1.807, 2.05) is 6.08 Å². The Labute approximate surface area is 85.5 Å². The normalized spacial score (nSPS) is 17.1. The van der Waals surface area contributed by atoms with Gasteiger partial charge in [-0.1, -0.05) is 24.3 Å². The Hall–Kier alpha value is -1.37. The highest BCUT2D eigenvalue weighted by Gasteiger charge is 2.20. The van der Waals surface area contributed by atoms with Gasteiger partial charge in [-0.15, -0.1) is 13.2 Å². The van der Waals surface area contributed by atoms with Gasteiger partial charge in [0, 0.05) is 12.0 Å². The largest absolute Gasteiger partial charge is 0.295 e. The van der Waals surface area contributed by atoms with Crippen molar-refractivity contribution in [3.05, 3.63) is 48.6 Å². The maximum Gasteiger partial charge on any atom is 0.159 e. The van der Waals surface area contributed by atoms with Gasteiger partial charge in [0.25, 0.3) is 0 Å². The summed E-state index contributed by atoms with van der Waals surface area (Å²) in [5.41, 5.74) is 3.05. The van der Waals surface area contributed by atoms with Gasteiger partial charge >= 0.3 is 0 Å². The molecule has 1 aliphatic rings. The lowest BCUT2D eigenvalue weighted by Gasteiger charge is -2.19. The zero-order chi connectivity index (χ0) is 10.6. The standard InChI is InChI=1S/C13H16O/c1-4-6-11-10(3)8-9-13(14)12(11)7-5-2/h4-5H,1-3,6-9H2. The van der Waals surface area contributed by atoms with Crippen molar-refractivity contribution in [2.24, 2.45) is 0 Å². The molecule has 0 N–H and O–H groups in total. The minimum atomic E-state index is 0.245. The highest BCUT2D eigenvalue weighted by atomic mass is 16.1. The minimum absolute atomic E-state index is 0.245. The van der Waals surface area contributed by atoms with E-state index in [0.29, 0.717) is 12.8 Å². The second kappa shape index (κ2) is 4.75. The van der Waals surface area contributed by atoms with Crippen LogP contribution in [0.4, 0.5) is 0 Å². The monoisotopic (exact) mass is 188 g/mol. The topological polar surface area (TPSA) is 17.1 Å². The molecule has 0 spiro atoms. The third kappa shape index (κ3) is 2.11. The van der Waals surface area contributed by atoms with Crippen molar-refractivity contribution in [1.29, 1.82) is 0 Å². The van der Waals surface area contributed by atoms with Crippen molar-refractivity contribution >= 4 is 5.78 Å². The molecule has 1 heteroatoms. The molecule has 1 nitrogen and oxygen atoms in total. The first-order chi connectivity index (χ1) is 6.70. The van der Waals surface area contributed by atoms with E-state index in [1.54, 1.807) is 6.08 Å². The van der Waals surface area contributed by atoms with Gasteiger partial charge in [-0.2, -0.15) is 0 Å². The van der Waals surface area contributed by atoms with Crippen molar-refractivity contribution in [3.8, 4) is 0 Å². The lowest BCUT2D eigenvalue weighted by atomic mass is 9.84. The van der Waals surface area contributed by atoms with E-state index in [-0.39, 0.29) is 5.78 Å². The molecule has 0 aromatic carbocycles. The highest BCUT2D eigenvalue weighted by Crippen LogP contribution is 2.30. The van der Waals surface area contributed by atoms with Gasteiger partial charge in [0.2, 0.25) is 0 Å². The Morgan fingerprint density at radius 3 is 2.21 bits per heavy atom. The van der Waals surface area contributed by atoms with Crippen molar-refractivity contribution in [2.75, 3.05) is 0 Å². The quantitative estimate of drug-likeness (QED) is 0.618. The van der Waals surface area contributed by atoms with Gasteiger partial charge in [0.1, 0.15) is 0 Å². The summed E-state index contributed by atoms with van der Waals surface area (Å²) in [5.74, 6) is 0.245. The second-order valence-corrected chi connectivity index (χ2v) is 3.47. The SMILES string of the molecule is C=CCC1=C(CC=C)C(=O)CCC1=C. The molecule has 0 saturated heterocycles. The van der Waals surface area contributed by atoms with E-state index in [2.05, 4.69) is 19.7 Å². The highest BCUT2D eigenvalue weighted by molar-refractivity contribution is 5.98. The lowest BCUT2D eigenvalue weighted by molar-refractivity contribution is -0.115. The van der Waals surface area contributed by atoms with E-state index >= 15 is 0 Å². The predicted octanol–water partition coefficient (Wildman–Crippen LogP) is 3.35. The van der Waals surface area contributed by atoms with Gasteiger partial charge in [-0.25, -0.2) is 0 Å². The zero-order valence-electron chi connectivity index (χ0n) is 8.51. The average molecular weight is 188 g/mol. The first-order valence-electron chi connectivity index (χ1n) is 4.85. The summed E-state index contributed by atoms with van der Waals surface area (Å²) >= 11 is 0. The van der Waals surface area contributed by atoms with Crippen LogP contribution < -0.4 is 0 Å². The molecule has 0 aromatic heterocycles. The van der Waals surface area contributed by atoms with Gasteiger partial charge in [0.15, 0.2) is 5.78 Å². The molecule has 0 atom stereocenters. The molecular formula is C13H16O. The van der Waals surface area contributed by atoms with Crippen LogP contribution in [-0.4, -0.2) is 5.78 Å². The Kier molecular flexibility index (Phi) is 3.63. The third-order valence-corrected chi connectivity index (χ3v) is 2.48. The van der Waals surface area contributed by atoms with E-state index in [1.165, 1.54) is 0 Å². The summed E-state index contributed by atoms with van der Waals surface area (Å²) in [6, 6.07) is 0. The molecule has 14 heavy (non-hydrogen) atoms. The first kappa shape index (κ1) is 10.7. The van der Waals surface area contributed by atoms with Gasteiger partial charge < -0.3 is 0 Å². The number of hydrogen-bond donors (Lipinski definition) is 0. The van der Waals surface area contributed by atoms with Crippen molar-refractivity contribution in [2.45, 2.75) is 25.7 Å². The van der Waals surface area contributed by atoms with Crippen LogP contribution in [0.25, 0.3) is 0 Å². The second-order valence-electron chi connectivity index (χ2n) is 3.47. The van der Waals surface area contributed by atoms with E-state index < -0.39 is 0 Å². The van der Waals surface area contributed by atoms with Crippen LogP contribution >= 0.6 is 0 Å². The molecule has 0 aromatic rings. The van der Waals surface area contributed by atoms with E-state index in [4.69, 9.17) is 0 Å². The number of rotatable bonds is 4. The maximum atomic E-state index is 11.6. The zero-order valence-corrected chi connectivity index (χ0v) is 8.51. The van der Waals surface area contributed by atoms with Crippen molar-refractivity contribution < 1.29 is 4.79 Å². The van der Waals surface area contributed by atoms with Crippen LogP contribution in [0, 0.1) is 0 Å². The average Bonchev–Trinajstić information content (AvgIpc) is 2.17. The summed E-state index contributed by atoms with van der Waals surface area (Å²) in [5, 5.41) is 0. The maximum absolute atomic E-state index is 11.6. The van der Waals surface area contributed by atoms with Gasteiger partial charge in [-0.05, 0) is 24.8 Å². The van der Waals surface area contributed by atoms with Crippen LogP contribution in [-0.2, 0) is 4.79 Å². The fourth-order valence-electron chi connectivity index (χ4n) is 1.74. The van der Waals surface area contributed by atoms with Crippen molar-refractivity contribution in [3.63, 3.8) is 0 Å². The van der Waals surface area contributed by atoms with Gasteiger partial charge in [-0.3, -0.25) is 4.79 Å². The predicted molar refractivity (Wildman–Crippen MR) is 60.0 cm³/mol. The Balaban J connectivity index is 3.08. The molecule has 0 aliphatic heterocycles. The number of allylic oxidation sites excluding steroid dienone is 5. The van der Waals surface area contributed by atoms with Crippen LogP contribution in [0.2, 0.25) is 0 Å². The molecule has 0 amide bonds. The van der Waals surface area contributed by atoms with Crippen molar-refractivity contribution in [1.82, 2.24) is 0 Å². The molecule has 0 radical (unpaired) electrons. The summed E-state index contributed by atoms with van der Waals surface area (Å²) < 4.78 is 0. The Morgan fingerprint density at radius 2 is 1.64 bits per heavy atom.